The molecule has 2 aliphatic rings. The molecule has 11 rings (SSSR count). The minimum Gasteiger partial charge on any atom is -0.455 e. The molecule has 5 nitrogen and oxygen atoms in total. The minimum atomic E-state index is -0.318. The van der Waals surface area contributed by atoms with E-state index in [1.807, 2.05) is 24.3 Å². The highest BCUT2D eigenvalue weighted by Gasteiger charge is 2.26. The van der Waals surface area contributed by atoms with Crippen molar-refractivity contribution in [3.05, 3.63) is 216 Å². The molecule has 1 atom stereocenters. The predicted molar refractivity (Wildman–Crippen MR) is 241 cm³/mol. The van der Waals surface area contributed by atoms with E-state index in [9.17, 15) is 0 Å². The van der Waals surface area contributed by atoms with Gasteiger partial charge in [-0.3, -0.25) is 0 Å². The molecule has 9 aromatic rings. The smallest absolute Gasteiger partial charge is 0.163 e. The summed E-state index contributed by atoms with van der Waals surface area (Å²) >= 11 is 0. The number of furan rings is 1. The largest absolute Gasteiger partial charge is 0.455 e. The van der Waals surface area contributed by atoms with Crippen molar-refractivity contribution in [2.24, 2.45) is 9.98 Å². The second-order valence-electron chi connectivity index (χ2n) is 14.9. The highest BCUT2D eigenvalue weighted by atomic mass is 16.3. The van der Waals surface area contributed by atoms with Gasteiger partial charge in [0.2, 0.25) is 0 Å². The number of para-hydroxylation sites is 1. The number of anilines is 3. The third-order valence-corrected chi connectivity index (χ3v) is 11.4. The van der Waals surface area contributed by atoms with E-state index >= 15 is 0 Å². The summed E-state index contributed by atoms with van der Waals surface area (Å²) < 4.78 is 7.06. The first-order chi connectivity index (χ1) is 28.7. The van der Waals surface area contributed by atoms with Crippen molar-refractivity contribution in [3.8, 4) is 11.1 Å². The summed E-state index contributed by atoms with van der Waals surface area (Å²) in [6.07, 6.45) is 6.18. The maximum atomic E-state index is 7.06. The Morgan fingerprint density at radius 3 is 2.07 bits per heavy atom. The van der Waals surface area contributed by atoms with Crippen LogP contribution in [0.15, 0.2) is 202 Å². The number of allylic oxidation sites excluding steroid dienone is 1. The van der Waals surface area contributed by atoms with Crippen LogP contribution in [-0.2, 0) is 6.42 Å². The fraction of sp³-hybridized carbons (Fsp3) is 0.0566. The molecule has 1 aliphatic heterocycles. The first-order valence-corrected chi connectivity index (χ1v) is 19.9. The summed E-state index contributed by atoms with van der Waals surface area (Å²) in [4.78, 5) is 12.8. The zero-order valence-electron chi connectivity index (χ0n) is 31.7. The number of aryl methyl sites for hydroxylation is 1. The van der Waals surface area contributed by atoms with E-state index in [1.54, 1.807) is 0 Å². The second-order valence-corrected chi connectivity index (χ2v) is 14.9. The van der Waals surface area contributed by atoms with Crippen molar-refractivity contribution in [1.82, 2.24) is 5.32 Å². The van der Waals surface area contributed by atoms with Crippen LogP contribution >= 0.6 is 0 Å². The molecule has 1 aliphatic carbocycles. The molecule has 0 fully saturated rings. The Balaban J connectivity index is 1.08. The molecule has 0 saturated heterocycles. The topological polar surface area (TPSA) is 53.1 Å². The van der Waals surface area contributed by atoms with E-state index in [0.29, 0.717) is 5.84 Å². The van der Waals surface area contributed by atoms with Crippen LogP contribution in [0.2, 0.25) is 0 Å². The third-order valence-electron chi connectivity index (χ3n) is 11.4. The number of amidine groups is 2. The van der Waals surface area contributed by atoms with Gasteiger partial charge in [0.25, 0.3) is 0 Å². The van der Waals surface area contributed by atoms with Gasteiger partial charge in [0, 0.05) is 39.0 Å². The first-order valence-electron chi connectivity index (χ1n) is 19.9. The number of nitrogens with one attached hydrogen (secondary N) is 1. The van der Waals surface area contributed by atoms with Gasteiger partial charge in [-0.1, -0.05) is 152 Å². The van der Waals surface area contributed by atoms with Crippen LogP contribution in [0.25, 0.3) is 49.9 Å². The van der Waals surface area contributed by atoms with Crippen LogP contribution in [0.1, 0.15) is 40.4 Å². The molecule has 2 heterocycles. The normalized spacial score (nSPS) is 14.9. The van der Waals surface area contributed by atoms with Crippen molar-refractivity contribution in [1.29, 1.82) is 0 Å². The molecule has 1 N–H and O–H groups in total. The summed E-state index contributed by atoms with van der Waals surface area (Å²) in [6.45, 7) is 0. The van der Waals surface area contributed by atoms with Gasteiger partial charge in [0.15, 0.2) is 5.84 Å². The number of aliphatic imine (C=N–C) groups is 2. The van der Waals surface area contributed by atoms with Gasteiger partial charge >= 0.3 is 0 Å². The van der Waals surface area contributed by atoms with Crippen LogP contribution in [0.4, 0.5) is 17.1 Å². The van der Waals surface area contributed by atoms with Crippen molar-refractivity contribution >= 4 is 67.5 Å². The molecule has 276 valence electrons. The van der Waals surface area contributed by atoms with Crippen molar-refractivity contribution in [2.75, 3.05) is 4.90 Å². The summed E-state index contributed by atoms with van der Waals surface area (Å²) in [5, 5.41) is 8.18. The van der Waals surface area contributed by atoms with Crippen LogP contribution < -0.4 is 10.2 Å². The number of benzene rings is 8. The first kappa shape index (κ1) is 33.8. The van der Waals surface area contributed by atoms with Crippen LogP contribution in [0, 0.1) is 0 Å². The molecule has 0 spiro atoms. The fourth-order valence-corrected chi connectivity index (χ4v) is 8.51. The standard InChI is InChI=1S/C53H38N4O/c1-4-16-38(17-5-1)51-54-52(39-18-6-2-7-19-39)56-53(55-51)47-33-32-44(48-46-31-27-36-15-12-13-23-45(36)49(46)58-50(47)48)37-25-28-42(29-26-37)57(41-21-8-3-9-22-41)43-30-24-35-14-10-11-20-40(35)34-43/h1-11,13-14,16-34,51H,12,15H2,(H,54,55,56). The van der Waals surface area contributed by atoms with Crippen molar-refractivity contribution < 1.29 is 4.42 Å². The molecule has 0 bridgehead atoms. The molecule has 5 heteroatoms. The van der Waals surface area contributed by atoms with Crippen molar-refractivity contribution in [3.63, 3.8) is 0 Å². The zero-order chi connectivity index (χ0) is 38.4. The van der Waals surface area contributed by atoms with Crippen LogP contribution in [0.5, 0.6) is 0 Å². The van der Waals surface area contributed by atoms with Crippen LogP contribution in [-0.4, -0.2) is 11.7 Å². The number of hydrogen-bond acceptors (Lipinski definition) is 5. The maximum Gasteiger partial charge on any atom is 0.163 e. The lowest BCUT2D eigenvalue weighted by atomic mass is 9.92. The van der Waals surface area contributed by atoms with E-state index in [-0.39, 0.29) is 6.17 Å². The number of fused-ring (bicyclic) bond motifs is 6. The molecule has 1 unspecified atom stereocenters. The Labute approximate surface area is 337 Å². The average molecular weight is 747 g/mol. The molecule has 8 aromatic carbocycles. The zero-order valence-corrected chi connectivity index (χ0v) is 31.7. The van der Waals surface area contributed by atoms with E-state index in [2.05, 4.69) is 180 Å². The summed E-state index contributed by atoms with van der Waals surface area (Å²) in [7, 11) is 0. The summed E-state index contributed by atoms with van der Waals surface area (Å²) in [5.74, 6) is 1.41. The Hall–Kier alpha value is -7.50. The molecular weight excluding hydrogens is 709 g/mol. The Morgan fingerprint density at radius 2 is 1.26 bits per heavy atom. The molecule has 0 amide bonds. The fourth-order valence-electron chi connectivity index (χ4n) is 8.51. The monoisotopic (exact) mass is 746 g/mol. The van der Waals surface area contributed by atoms with Gasteiger partial charge in [-0.2, -0.15) is 0 Å². The SMILES string of the molecule is C1=Cc2c(ccc3c2oc2c(C4=NC(c5ccccc5)NC(c5ccccc5)=N4)ccc(-c4ccc(N(c5ccccc5)c5ccc6ccccc6c5)cc4)c23)CC1. The van der Waals surface area contributed by atoms with Crippen molar-refractivity contribution in [2.45, 2.75) is 19.0 Å². The maximum absolute atomic E-state index is 7.06. The highest BCUT2D eigenvalue weighted by molar-refractivity contribution is 6.23. The van der Waals surface area contributed by atoms with Gasteiger partial charge in [-0.15, -0.1) is 0 Å². The Morgan fingerprint density at radius 1 is 0.569 bits per heavy atom. The Kier molecular flexibility index (Phi) is 8.29. The molecule has 58 heavy (non-hydrogen) atoms. The number of nitrogens with zero attached hydrogens (tertiary/aromatic N) is 3. The lowest BCUT2D eigenvalue weighted by Crippen LogP contribution is -2.33. The summed E-state index contributed by atoms with van der Waals surface area (Å²) in [5.41, 5.74) is 12.6. The average Bonchev–Trinajstić information content (AvgIpc) is 3.70. The second kappa shape index (κ2) is 14.2. The van der Waals surface area contributed by atoms with Gasteiger partial charge < -0.3 is 14.6 Å². The van der Waals surface area contributed by atoms with Gasteiger partial charge in [-0.25, -0.2) is 9.98 Å². The molecule has 0 saturated carbocycles. The predicted octanol–water partition coefficient (Wildman–Crippen LogP) is 13.3. The number of hydrogen-bond donors (Lipinski definition) is 1. The van der Waals surface area contributed by atoms with E-state index < -0.39 is 0 Å². The quantitative estimate of drug-likeness (QED) is 0.177. The summed E-state index contributed by atoms with van der Waals surface area (Å²) in [6, 6.07) is 64.2. The molecule has 1 aromatic heterocycles. The van der Waals surface area contributed by atoms with Gasteiger partial charge in [0.1, 0.15) is 23.2 Å². The van der Waals surface area contributed by atoms with E-state index in [1.165, 1.54) is 16.3 Å². The minimum absolute atomic E-state index is 0.318. The number of rotatable bonds is 7. The third kappa shape index (κ3) is 5.96. The molecule has 0 radical (unpaired) electrons. The van der Waals surface area contributed by atoms with Gasteiger partial charge in [-0.05, 0) is 88.3 Å². The van der Waals surface area contributed by atoms with E-state index in [4.69, 9.17) is 14.4 Å². The van der Waals surface area contributed by atoms with E-state index in [0.717, 1.165) is 91.1 Å². The Bertz CT molecular complexity index is 3070. The lowest BCUT2D eigenvalue weighted by molar-refractivity contribution is 0.661. The van der Waals surface area contributed by atoms with Gasteiger partial charge in [0.05, 0.1) is 5.56 Å². The van der Waals surface area contributed by atoms with Crippen LogP contribution in [0.3, 0.4) is 0 Å². The highest BCUT2D eigenvalue weighted by Crippen LogP contribution is 2.43. The lowest BCUT2D eigenvalue weighted by Gasteiger charge is -2.26. The molecular formula is C53H38N4O.